The van der Waals surface area contributed by atoms with E-state index in [9.17, 15) is 22.8 Å². The number of carbonyl (C=O) groups is 3. The van der Waals surface area contributed by atoms with E-state index in [1.807, 2.05) is 42.7 Å². The molecule has 53 heavy (non-hydrogen) atoms. The third-order valence-corrected chi connectivity index (χ3v) is 13.7. The predicted octanol–water partition coefficient (Wildman–Crippen LogP) is 4.87. The van der Waals surface area contributed by atoms with Gasteiger partial charge in [-0.05, 0) is 76.3 Å². The van der Waals surface area contributed by atoms with E-state index in [0.717, 1.165) is 40.9 Å². The Morgan fingerprint density at radius 2 is 1.87 bits per heavy atom. The van der Waals surface area contributed by atoms with Crippen LogP contribution in [0.2, 0.25) is 0 Å². The minimum atomic E-state index is -3.83. The Balaban J connectivity index is 0.00000481. The maximum Gasteiger partial charge on any atom is 0.259 e. The molecule has 12 nitrogen and oxygen atoms in total. The van der Waals surface area contributed by atoms with Gasteiger partial charge in [0, 0.05) is 71.5 Å². The van der Waals surface area contributed by atoms with Crippen LogP contribution in [-0.4, -0.2) is 108 Å². The molecule has 2 N–H and O–H groups in total. The summed E-state index contributed by atoms with van der Waals surface area (Å²) in [7, 11) is -0.445. The summed E-state index contributed by atoms with van der Waals surface area (Å²) in [5.74, 6) is -1.63. The molecule has 279 valence electrons. The molecule has 15 heteroatoms. The van der Waals surface area contributed by atoms with E-state index in [1.165, 1.54) is 11.3 Å². The van der Waals surface area contributed by atoms with E-state index in [2.05, 4.69) is 23.9 Å². The third-order valence-electron chi connectivity index (χ3n) is 11.0. The van der Waals surface area contributed by atoms with E-state index in [4.69, 9.17) is 19.4 Å². The number of pyridine rings is 1. The Morgan fingerprint density at radius 1 is 1.11 bits per heavy atom. The maximum atomic E-state index is 14.3. The van der Waals surface area contributed by atoms with Crippen LogP contribution < -0.4 is 19.5 Å². The number of thiazole rings is 1. The number of rotatable bonds is 8. The Morgan fingerprint density at radius 3 is 2.57 bits per heavy atom. The zero-order chi connectivity index (χ0) is 36.9. The second-order valence-corrected chi connectivity index (χ2v) is 17.9. The van der Waals surface area contributed by atoms with Crippen LogP contribution in [0, 0.1) is 24.7 Å². The van der Waals surface area contributed by atoms with Gasteiger partial charge in [-0.1, -0.05) is 26.0 Å². The minimum Gasteiger partial charge on any atom is -0.496 e. The normalized spacial score (nSPS) is 26.3. The van der Waals surface area contributed by atoms with Crippen molar-refractivity contribution in [1.29, 1.82) is 0 Å². The monoisotopic (exact) mass is 772 g/mol. The van der Waals surface area contributed by atoms with E-state index in [-0.39, 0.29) is 60.1 Å². The molecule has 3 aromatic rings. The summed E-state index contributed by atoms with van der Waals surface area (Å²) in [6, 6.07) is 5.66. The van der Waals surface area contributed by atoms with Crippen LogP contribution >= 0.6 is 11.3 Å². The number of benzene rings is 1. The van der Waals surface area contributed by atoms with Gasteiger partial charge in [0.1, 0.15) is 33.8 Å². The largest absolute Gasteiger partial charge is 0.496 e. The average molecular weight is 773 g/mol. The zero-order valence-corrected chi connectivity index (χ0v) is 34.9. The molecule has 1 aliphatic heterocycles. The molecule has 0 bridgehead atoms. The Hall–Kier alpha value is -3.04. The number of sulfonamides is 1. The van der Waals surface area contributed by atoms with Crippen molar-refractivity contribution in [2.75, 3.05) is 20.7 Å². The smallest absolute Gasteiger partial charge is 0.259 e. The first-order valence-electron chi connectivity index (χ1n) is 18.2. The standard InChI is InChI=1S/C38H47N5O7S2.Na/c1-21(2)30-20-51-35(40-30)29-18-32(26-13-14-31(49-5)22(3)33(26)39-29)50-24-16-27-28(17-24)36(45)43(4)15-9-7-6-8-10-23-19-38(23,41-34(27)44)37(46)42-52(47,48)25-11-12-25;/h8,10,13-14,18,20-21,23-25,27-28H,6-7,9,11-12,15-17,19H2,1-5H3,(H,41,44)(H,42,46);/t23-,24-,27-,28-,38-;/m1./s1. The van der Waals surface area contributed by atoms with E-state index >= 15 is 0 Å². The fourth-order valence-electron chi connectivity index (χ4n) is 7.55. The molecule has 3 aliphatic carbocycles. The summed E-state index contributed by atoms with van der Waals surface area (Å²) >= 11 is 1.51. The minimum absolute atomic E-state index is 0. The average Bonchev–Trinajstić information content (AvgIpc) is 3.98. The van der Waals surface area contributed by atoms with Crippen molar-refractivity contribution >= 4 is 79.5 Å². The second-order valence-electron chi connectivity index (χ2n) is 15.1. The summed E-state index contributed by atoms with van der Waals surface area (Å²) in [5.41, 5.74) is 1.79. The van der Waals surface area contributed by atoms with Gasteiger partial charge in [-0.3, -0.25) is 19.1 Å². The SMILES string of the molecule is COc1ccc2c(O[C@@H]3C[C@H]4C(=O)N[C@]5(C(=O)NS(=O)(=O)C6CC6)C[C@H]5C=CCCCCN(C)C(=O)[C@@H]4C3)cc(-c3nc(C(C)C)cs3)nc2c1C.[Na]. The van der Waals surface area contributed by atoms with Gasteiger partial charge in [-0.15, -0.1) is 11.3 Å². The molecule has 0 unspecified atom stereocenters. The molecule has 5 atom stereocenters. The number of aromatic nitrogens is 2. The number of allylic oxidation sites excluding steroid dienone is 1. The van der Waals surface area contributed by atoms with Crippen molar-refractivity contribution in [1.82, 2.24) is 24.9 Å². The molecule has 1 aromatic carbocycles. The van der Waals surface area contributed by atoms with Gasteiger partial charge in [0.2, 0.25) is 21.8 Å². The van der Waals surface area contributed by atoms with Gasteiger partial charge in [0.05, 0.1) is 35.4 Å². The molecule has 0 spiro atoms. The van der Waals surface area contributed by atoms with Crippen molar-refractivity contribution in [3.8, 4) is 22.2 Å². The van der Waals surface area contributed by atoms with Gasteiger partial charge < -0.3 is 19.7 Å². The quantitative estimate of drug-likeness (QED) is 0.241. The number of nitrogens with zero attached hydrogens (tertiary/aromatic N) is 3. The first kappa shape index (κ1) is 39.6. The van der Waals surface area contributed by atoms with Crippen molar-refractivity contribution in [2.45, 2.75) is 94.9 Å². The number of aryl methyl sites for hydroxylation is 1. The number of fused-ring (bicyclic) bond motifs is 3. The molecule has 3 amide bonds. The van der Waals surface area contributed by atoms with E-state index < -0.39 is 50.6 Å². The Bertz CT molecular complexity index is 2050. The summed E-state index contributed by atoms with van der Waals surface area (Å²) in [5, 5.41) is 5.95. The van der Waals surface area contributed by atoms with Crippen LogP contribution in [0.15, 0.2) is 35.7 Å². The summed E-state index contributed by atoms with van der Waals surface area (Å²) in [6.45, 7) is 6.69. The van der Waals surface area contributed by atoms with Crippen molar-refractivity contribution in [2.24, 2.45) is 17.8 Å². The molecule has 1 radical (unpaired) electrons. The molecule has 3 saturated carbocycles. The number of methoxy groups -OCH3 is 1. The van der Waals surface area contributed by atoms with E-state index in [1.54, 1.807) is 19.1 Å². The predicted molar refractivity (Wildman–Crippen MR) is 204 cm³/mol. The van der Waals surface area contributed by atoms with Crippen LogP contribution in [-0.2, 0) is 24.4 Å². The second kappa shape index (κ2) is 15.6. The third kappa shape index (κ3) is 8.03. The molecule has 2 aromatic heterocycles. The number of ether oxygens (including phenoxy) is 2. The van der Waals surface area contributed by atoms with Crippen LogP contribution in [0.3, 0.4) is 0 Å². The van der Waals surface area contributed by atoms with Crippen molar-refractivity contribution < 1.29 is 32.3 Å². The molecule has 3 heterocycles. The van der Waals surface area contributed by atoms with Gasteiger partial charge >= 0.3 is 0 Å². The first-order valence-corrected chi connectivity index (χ1v) is 20.6. The molecular weight excluding hydrogens is 726 g/mol. The molecule has 3 fully saturated rings. The summed E-state index contributed by atoms with van der Waals surface area (Å²) < 4.78 is 40.2. The number of hydrogen-bond acceptors (Lipinski definition) is 10. The van der Waals surface area contributed by atoms with Gasteiger partial charge in [-0.2, -0.15) is 0 Å². The molecular formula is C38H47N5NaO7S2. The van der Waals surface area contributed by atoms with Crippen LogP contribution in [0.4, 0.5) is 0 Å². The molecule has 0 saturated heterocycles. The number of hydrogen-bond donors (Lipinski definition) is 2. The molecule has 7 rings (SSSR count). The van der Waals surface area contributed by atoms with Crippen LogP contribution in [0.1, 0.15) is 82.4 Å². The van der Waals surface area contributed by atoms with Gasteiger partial charge in [0.25, 0.3) is 5.91 Å². The first-order chi connectivity index (χ1) is 24.8. The Kier molecular flexibility index (Phi) is 11.7. The fraction of sp³-hybridized carbons (Fsp3) is 0.553. The number of amides is 3. The zero-order valence-electron chi connectivity index (χ0n) is 31.3. The van der Waals surface area contributed by atoms with Crippen LogP contribution in [0.5, 0.6) is 11.5 Å². The van der Waals surface area contributed by atoms with Gasteiger partial charge in [-0.25, -0.2) is 18.4 Å². The maximum absolute atomic E-state index is 14.3. The molecule has 4 aliphatic rings. The van der Waals surface area contributed by atoms with Crippen molar-refractivity contribution in [3.63, 3.8) is 0 Å². The summed E-state index contributed by atoms with van der Waals surface area (Å²) in [6.07, 6.45) is 7.61. The fourth-order valence-corrected chi connectivity index (χ4v) is 9.85. The van der Waals surface area contributed by atoms with E-state index in [0.29, 0.717) is 48.5 Å². The number of nitrogens with one attached hydrogen (secondary N) is 2. The van der Waals surface area contributed by atoms with Crippen molar-refractivity contribution in [3.05, 3.63) is 47.0 Å². The van der Waals surface area contributed by atoms with Crippen LogP contribution in [0.25, 0.3) is 21.6 Å². The number of carbonyl (C=O) groups excluding carboxylic acids is 3. The Labute approximate surface area is 337 Å². The van der Waals surface area contributed by atoms with Gasteiger partial charge in [0.15, 0.2) is 0 Å². The summed E-state index contributed by atoms with van der Waals surface area (Å²) in [4.78, 5) is 53.5. The topological polar surface area (TPSA) is 157 Å².